The predicted molar refractivity (Wildman–Crippen MR) is 66.1 cm³/mol. The number of aliphatic carboxylic acids is 1. The van der Waals surface area contributed by atoms with Gasteiger partial charge in [-0.05, 0) is 17.7 Å². The van der Waals surface area contributed by atoms with Crippen LogP contribution >= 0.6 is 33.4 Å². The predicted octanol–water partition coefficient (Wildman–Crippen LogP) is 5.32. The first-order valence-corrected chi connectivity index (χ1v) is 7.80. The van der Waals surface area contributed by atoms with Crippen LogP contribution in [0.15, 0.2) is 29.2 Å². The minimum Gasteiger partial charge on any atom is -0.481 e. The van der Waals surface area contributed by atoms with Gasteiger partial charge in [-0.2, -0.15) is 0 Å². The van der Waals surface area contributed by atoms with Crippen LogP contribution in [0, 0.1) is 5.92 Å². The highest BCUT2D eigenvalue weighted by atomic mass is 35.5. The fourth-order valence-electron chi connectivity index (χ4n) is 2.00. The van der Waals surface area contributed by atoms with Gasteiger partial charge in [-0.15, -0.1) is 0 Å². The number of rotatable bonds is 3. The van der Waals surface area contributed by atoms with Gasteiger partial charge < -0.3 is 5.11 Å². The molecule has 1 fully saturated rings. The minimum atomic E-state index is -9.82. The molecule has 1 aliphatic carbocycles. The van der Waals surface area contributed by atoms with E-state index in [0.717, 1.165) is 12.1 Å². The molecule has 0 amide bonds. The molecular weight excluding hydrogens is 350 g/mol. The third kappa shape index (κ3) is 2.68. The van der Waals surface area contributed by atoms with Crippen molar-refractivity contribution in [1.82, 2.24) is 0 Å². The first-order chi connectivity index (χ1) is 8.64. The van der Waals surface area contributed by atoms with Crippen LogP contribution < -0.4 is 0 Å². The molecule has 1 N–H and O–H groups in total. The van der Waals surface area contributed by atoms with Gasteiger partial charge >= 0.3 is 16.2 Å². The van der Waals surface area contributed by atoms with Gasteiger partial charge in [0.25, 0.3) is 0 Å². The number of alkyl halides is 2. The minimum absolute atomic E-state index is 0.203. The number of carboxylic acid groups (broad SMARTS) is 1. The number of hydrogen-bond donors (Lipinski definition) is 1. The second kappa shape index (κ2) is 3.53. The first kappa shape index (κ1) is 15.7. The van der Waals surface area contributed by atoms with Crippen molar-refractivity contribution in [2.45, 2.75) is 15.1 Å². The molecule has 1 saturated carbocycles. The van der Waals surface area contributed by atoms with Crippen molar-refractivity contribution in [1.29, 1.82) is 0 Å². The monoisotopic (exact) mass is 356 g/mol. The van der Waals surface area contributed by atoms with Crippen LogP contribution in [0.25, 0.3) is 0 Å². The molecule has 1 aromatic carbocycles. The average molecular weight is 357 g/mol. The van der Waals surface area contributed by atoms with Gasteiger partial charge in [0.05, 0.1) is 5.92 Å². The zero-order valence-corrected chi connectivity index (χ0v) is 11.7. The van der Waals surface area contributed by atoms with Gasteiger partial charge in [-0.3, -0.25) is 4.79 Å². The molecule has 2 atom stereocenters. The summed E-state index contributed by atoms with van der Waals surface area (Å²) in [6.45, 7) is 0. The summed E-state index contributed by atoms with van der Waals surface area (Å²) in [6.07, 6.45) is 0. The third-order valence-corrected chi connectivity index (χ3v) is 5.07. The summed E-state index contributed by atoms with van der Waals surface area (Å²) in [5.74, 6) is -3.90. The largest absolute Gasteiger partial charge is 0.481 e. The van der Waals surface area contributed by atoms with Crippen LogP contribution in [-0.4, -0.2) is 15.4 Å². The van der Waals surface area contributed by atoms with Crippen LogP contribution in [0.5, 0.6) is 0 Å². The Morgan fingerprint density at radius 2 is 1.75 bits per heavy atom. The van der Waals surface area contributed by atoms with E-state index in [1.807, 2.05) is 0 Å². The lowest BCUT2D eigenvalue weighted by Gasteiger charge is -2.40. The van der Waals surface area contributed by atoms with E-state index in [9.17, 15) is 24.2 Å². The summed E-state index contributed by atoms with van der Waals surface area (Å²) in [6, 6.07) is 2.28. The molecule has 0 heterocycles. The van der Waals surface area contributed by atoms with Crippen LogP contribution in [0.1, 0.15) is 11.5 Å². The molecule has 2 rings (SSSR count). The van der Waals surface area contributed by atoms with Crippen molar-refractivity contribution in [2.75, 3.05) is 0 Å². The van der Waals surface area contributed by atoms with Gasteiger partial charge in [0, 0.05) is 5.92 Å². The molecule has 0 spiro atoms. The molecule has 2 nitrogen and oxygen atoms in total. The summed E-state index contributed by atoms with van der Waals surface area (Å²) in [5, 5.41) is 8.82. The maximum absolute atomic E-state index is 12.7. The van der Waals surface area contributed by atoms with Crippen LogP contribution in [0.4, 0.5) is 19.4 Å². The van der Waals surface area contributed by atoms with E-state index in [4.69, 9.17) is 28.3 Å². The topological polar surface area (TPSA) is 37.3 Å². The lowest BCUT2D eigenvalue weighted by atomic mass is 10.1. The average Bonchev–Trinajstić information content (AvgIpc) is 2.79. The Morgan fingerprint density at radius 1 is 1.20 bits per heavy atom. The van der Waals surface area contributed by atoms with Crippen molar-refractivity contribution < 1.29 is 29.3 Å². The summed E-state index contributed by atoms with van der Waals surface area (Å²) in [5.41, 5.74) is -0.284. The van der Waals surface area contributed by atoms with E-state index in [1.54, 1.807) is 0 Å². The Balaban J connectivity index is 2.47. The van der Waals surface area contributed by atoms with E-state index < -0.39 is 37.3 Å². The Hall–Kier alpha value is -0.730. The second-order valence-electron chi connectivity index (χ2n) is 4.51. The van der Waals surface area contributed by atoms with Crippen molar-refractivity contribution in [3.63, 3.8) is 0 Å². The highest BCUT2D eigenvalue weighted by Gasteiger charge is 2.69. The number of carboxylic acids is 1. The SMILES string of the molecule is O=C(O)C1C(c2cccc(S(F)(F)(F)(F)F)c2)C1(Cl)Cl. The smallest absolute Gasteiger partial charge is 0.310 e. The van der Waals surface area contributed by atoms with E-state index >= 15 is 0 Å². The normalized spacial score (nSPS) is 28.4. The fourth-order valence-corrected chi connectivity index (χ4v) is 3.51. The quantitative estimate of drug-likeness (QED) is 0.588. The maximum atomic E-state index is 12.7. The first-order valence-electron chi connectivity index (χ1n) is 5.09. The molecule has 0 aliphatic heterocycles. The summed E-state index contributed by atoms with van der Waals surface area (Å²) in [7, 11) is -9.82. The lowest BCUT2D eigenvalue weighted by Crippen LogP contribution is -2.06. The number of carbonyl (C=O) groups is 1. The zero-order valence-electron chi connectivity index (χ0n) is 9.37. The molecule has 0 aromatic heterocycles. The summed E-state index contributed by atoms with van der Waals surface area (Å²) >= 11 is 11.3. The molecule has 0 radical (unpaired) electrons. The molecule has 114 valence electrons. The Bertz CT molecular complexity index is 601. The van der Waals surface area contributed by atoms with E-state index in [-0.39, 0.29) is 17.7 Å². The van der Waals surface area contributed by atoms with Gasteiger partial charge in [0.2, 0.25) is 0 Å². The number of benzene rings is 1. The molecule has 0 saturated heterocycles. The second-order valence-corrected chi connectivity index (χ2v) is 8.36. The van der Waals surface area contributed by atoms with Crippen molar-refractivity contribution in [3.8, 4) is 0 Å². The highest BCUT2D eigenvalue weighted by Crippen LogP contribution is 3.02. The van der Waals surface area contributed by atoms with Crippen molar-refractivity contribution in [3.05, 3.63) is 29.8 Å². The fraction of sp³-hybridized carbons (Fsp3) is 0.300. The summed E-state index contributed by atoms with van der Waals surface area (Å²) in [4.78, 5) is 8.74. The zero-order chi connectivity index (χ0) is 15.6. The molecule has 10 heteroatoms. The van der Waals surface area contributed by atoms with E-state index in [1.165, 1.54) is 0 Å². The van der Waals surface area contributed by atoms with Gasteiger partial charge in [0.1, 0.15) is 9.23 Å². The molecule has 1 aromatic rings. The van der Waals surface area contributed by atoms with Crippen LogP contribution in [0.3, 0.4) is 0 Å². The van der Waals surface area contributed by atoms with Crippen molar-refractivity contribution >= 4 is 39.4 Å². The Morgan fingerprint density at radius 3 is 2.15 bits per heavy atom. The van der Waals surface area contributed by atoms with Crippen LogP contribution in [-0.2, 0) is 4.79 Å². The molecule has 20 heavy (non-hydrogen) atoms. The molecule has 1 aliphatic rings. The third-order valence-electron chi connectivity index (χ3n) is 2.98. The van der Waals surface area contributed by atoms with Gasteiger partial charge in [-0.1, -0.05) is 54.8 Å². The number of halogens is 7. The maximum Gasteiger partial charge on any atom is 0.310 e. The van der Waals surface area contributed by atoms with E-state index in [0.29, 0.717) is 0 Å². The standard InChI is InChI=1S/C10H7Cl2F5O2S/c11-10(12)7(8(10)9(18)19)5-2-1-3-6(4-5)20(13,14,15,16)17/h1-4,7-8H,(H,18,19). The Kier molecular flexibility index (Phi) is 2.77. The highest BCUT2D eigenvalue weighted by molar-refractivity contribution is 8.45. The molecular formula is C10H7Cl2F5O2S. The van der Waals surface area contributed by atoms with Crippen LogP contribution in [0.2, 0.25) is 0 Å². The van der Waals surface area contributed by atoms with Gasteiger partial charge in [-0.25, -0.2) is 0 Å². The van der Waals surface area contributed by atoms with E-state index in [2.05, 4.69) is 0 Å². The van der Waals surface area contributed by atoms with Crippen molar-refractivity contribution in [2.24, 2.45) is 5.92 Å². The number of hydrogen-bond acceptors (Lipinski definition) is 1. The molecule has 0 bridgehead atoms. The van der Waals surface area contributed by atoms with Gasteiger partial charge in [0.15, 0.2) is 0 Å². The Labute approximate surface area is 120 Å². The molecule has 2 unspecified atom stereocenters. The summed E-state index contributed by atoms with van der Waals surface area (Å²) < 4.78 is 61.6. The lowest BCUT2D eigenvalue weighted by molar-refractivity contribution is -0.138.